The molecule has 1 amide bonds. The molecule has 2 aliphatic rings. The van der Waals surface area contributed by atoms with Crippen molar-refractivity contribution in [2.75, 3.05) is 6.54 Å². The fourth-order valence-corrected chi connectivity index (χ4v) is 5.76. The zero-order valence-electron chi connectivity index (χ0n) is 26.0. The predicted octanol–water partition coefficient (Wildman–Crippen LogP) is 7.29. The highest BCUT2D eigenvalue weighted by Crippen LogP contribution is 2.33. The number of nitrogens with one attached hydrogen (secondary N) is 1. The summed E-state index contributed by atoms with van der Waals surface area (Å²) in [7, 11) is 0. The van der Waals surface area contributed by atoms with Gasteiger partial charge in [-0.1, -0.05) is 89.2 Å². The van der Waals surface area contributed by atoms with Crippen LogP contribution in [-0.2, 0) is 23.8 Å². The van der Waals surface area contributed by atoms with Gasteiger partial charge in [-0.05, 0) is 59.3 Å². The lowest BCUT2D eigenvalue weighted by molar-refractivity contribution is -0.156. The monoisotopic (exact) mass is 565 g/mol. The van der Waals surface area contributed by atoms with Crippen LogP contribution in [0.5, 0.6) is 0 Å². The van der Waals surface area contributed by atoms with E-state index in [0.717, 1.165) is 44.9 Å². The lowest BCUT2D eigenvalue weighted by atomic mass is 9.99. The van der Waals surface area contributed by atoms with Gasteiger partial charge in [-0.15, -0.1) is 0 Å². The number of hydrogen-bond donors (Lipinski definition) is 2. The Morgan fingerprint density at radius 2 is 1.45 bits per heavy atom. The van der Waals surface area contributed by atoms with E-state index < -0.39 is 18.0 Å². The maximum absolute atomic E-state index is 12.8. The molecule has 0 bridgehead atoms. The summed E-state index contributed by atoms with van der Waals surface area (Å²) in [6, 6.07) is 0. The molecule has 0 radical (unpaired) electrons. The summed E-state index contributed by atoms with van der Waals surface area (Å²) in [4.78, 5) is 25.2. The number of esters is 1. The van der Waals surface area contributed by atoms with Crippen molar-refractivity contribution in [2.45, 2.75) is 180 Å². The van der Waals surface area contributed by atoms with Crippen LogP contribution in [0.25, 0.3) is 0 Å². The Kier molecular flexibility index (Phi) is 17.1. The normalized spacial score (nSPS) is 31.5. The first-order chi connectivity index (χ1) is 19.2. The van der Waals surface area contributed by atoms with E-state index >= 15 is 0 Å². The number of ether oxygens (including phenoxy) is 3. The Balaban J connectivity index is 1.94. The molecule has 1 saturated heterocycles. The van der Waals surface area contributed by atoms with Gasteiger partial charge in [-0.25, -0.2) is 0 Å². The Hall–Kier alpha value is -1.44. The maximum Gasteiger partial charge on any atom is 0.306 e. The minimum atomic E-state index is -0.816. The Morgan fingerprint density at radius 1 is 0.875 bits per heavy atom. The molecule has 2 rings (SSSR count). The van der Waals surface area contributed by atoms with E-state index in [2.05, 4.69) is 18.3 Å². The van der Waals surface area contributed by atoms with Crippen molar-refractivity contribution in [1.82, 2.24) is 5.32 Å². The summed E-state index contributed by atoms with van der Waals surface area (Å²) >= 11 is 0. The topological polar surface area (TPSA) is 94.1 Å². The van der Waals surface area contributed by atoms with Crippen LogP contribution in [0.15, 0.2) is 11.6 Å². The standard InChI is InChI=1S/C33H59NO6/c1-5-19-29-32(37)34-25-27(35)24-30-28(39-33(3,4)40-30)23-22-26(2)20-17-15-13-11-9-7-6-8-10-12-14-16-18-21-31(36)38-29/h20,27-30,35H,5-19,21-25H2,1-4H3,(H,34,37)/b26-20-/t27-,28+,29-,30-/m0/s1. The van der Waals surface area contributed by atoms with Crippen molar-refractivity contribution >= 4 is 11.9 Å². The molecule has 0 unspecified atom stereocenters. The second-order valence-corrected chi connectivity index (χ2v) is 12.5. The third-order valence-corrected chi connectivity index (χ3v) is 8.07. The van der Waals surface area contributed by atoms with Gasteiger partial charge in [0.15, 0.2) is 11.9 Å². The molecule has 2 N–H and O–H groups in total. The van der Waals surface area contributed by atoms with Crippen molar-refractivity contribution in [2.24, 2.45) is 0 Å². The number of amides is 1. The summed E-state index contributed by atoms with van der Waals surface area (Å²) in [5, 5.41) is 13.5. The number of rotatable bonds is 2. The minimum absolute atomic E-state index is 0.0859. The Bertz CT molecular complexity index is 751. The number of aliphatic hydroxyl groups is 1. The van der Waals surface area contributed by atoms with Crippen molar-refractivity contribution in [3.8, 4) is 0 Å². The first-order valence-electron chi connectivity index (χ1n) is 16.4. The van der Waals surface area contributed by atoms with E-state index in [0.29, 0.717) is 19.3 Å². The second-order valence-electron chi connectivity index (χ2n) is 12.5. The third-order valence-electron chi connectivity index (χ3n) is 8.07. The average Bonchev–Trinajstić information content (AvgIpc) is 3.20. The van der Waals surface area contributed by atoms with E-state index in [1.54, 1.807) is 0 Å². The fraction of sp³-hybridized carbons (Fsp3) is 0.879. The number of hydrogen-bond acceptors (Lipinski definition) is 6. The van der Waals surface area contributed by atoms with Gasteiger partial charge in [0.1, 0.15) is 0 Å². The number of cyclic esters (lactones) is 1. The summed E-state index contributed by atoms with van der Waals surface area (Å²) in [6.07, 6.45) is 19.9. The molecule has 232 valence electrons. The second kappa shape index (κ2) is 19.6. The highest BCUT2D eigenvalue weighted by Gasteiger charge is 2.41. The quantitative estimate of drug-likeness (QED) is 0.270. The molecule has 0 aromatic carbocycles. The van der Waals surface area contributed by atoms with Gasteiger partial charge in [0.25, 0.3) is 5.91 Å². The van der Waals surface area contributed by atoms with Gasteiger partial charge in [0, 0.05) is 19.4 Å². The van der Waals surface area contributed by atoms with E-state index in [1.807, 2.05) is 20.8 Å². The highest BCUT2D eigenvalue weighted by atomic mass is 16.7. The van der Waals surface area contributed by atoms with Crippen LogP contribution in [0, 0.1) is 0 Å². The molecule has 0 aliphatic carbocycles. The summed E-state index contributed by atoms with van der Waals surface area (Å²) in [6.45, 7) is 8.06. The molecule has 7 heteroatoms. The molecule has 0 saturated carbocycles. The number of β-amino-alcohol motifs (C(OH)–C–C–N with tert-alkyl or cyclic N) is 1. The maximum atomic E-state index is 12.8. The minimum Gasteiger partial charge on any atom is -0.452 e. The Labute approximate surface area is 244 Å². The first kappa shape index (κ1) is 34.8. The number of carbonyl (C=O) groups excluding carboxylic acids is 2. The molecule has 2 heterocycles. The zero-order chi connectivity index (χ0) is 29.2. The summed E-state index contributed by atoms with van der Waals surface area (Å²) < 4.78 is 17.9. The van der Waals surface area contributed by atoms with E-state index in [-0.39, 0.29) is 30.6 Å². The molecule has 4 atom stereocenters. The van der Waals surface area contributed by atoms with Crippen LogP contribution in [0.4, 0.5) is 0 Å². The zero-order valence-corrected chi connectivity index (χ0v) is 26.0. The summed E-state index contributed by atoms with van der Waals surface area (Å²) in [5.74, 6) is -1.35. The molecule has 40 heavy (non-hydrogen) atoms. The van der Waals surface area contributed by atoms with Crippen molar-refractivity contribution in [1.29, 1.82) is 0 Å². The predicted molar refractivity (Wildman–Crippen MR) is 160 cm³/mol. The van der Waals surface area contributed by atoms with Gasteiger partial charge >= 0.3 is 5.97 Å². The van der Waals surface area contributed by atoms with Gasteiger partial charge in [-0.2, -0.15) is 0 Å². The lowest BCUT2D eigenvalue weighted by Gasteiger charge is -2.22. The SMILES string of the molecule is CCC[C@@H]1OC(=O)CCCCCCCCCCCCCC/C=C(/C)CC[C@H]2OC(C)(C)O[C@H]2C[C@H](O)CNC1=O. The van der Waals surface area contributed by atoms with Crippen molar-refractivity contribution in [3.63, 3.8) is 0 Å². The van der Waals surface area contributed by atoms with Crippen LogP contribution in [-0.4, -0.2) is 53.7 Å². The first-order valence-corrected chi connectivity index (χ1v) is 16.4. The smallest absolute Gasteiger partial charge is 0.306 e. The van der Waals surface area contributed by atoms with Gasteiger partial charge in [0.05, 0.1) is 18.3 Å². The van der Waals surface area contributed by atoms with Crippen LogP contribution in [0.1, 0.15) is 150 Å². The van der Waals surface area contributed by atoms with Crippen molar-refractivity contribution < 1.29 is 28.9 Å². The van der Waals surface area contributed by atoms with Gasteiger partial charge in [0.2, 0.25) is 0 Å². The lowest BCUT2D eigenvalue weighted by Crippen LogP contribution is -2.42. The number of fused-ring (bicyclic) bond motifs is 1. The van der Waals surface area contributed by atoms with Gasteiger partial charge < -0.3 is 24.6 Å². The van der Waals surface area contributed by atoms with E-state index in [4.69, 9.17) is 14.2 Å². The average molecular weight is 566 g/mol. The van der Waals surface area contributed by atoms with Gasteiger partial charge in [-0.3, -0.25) is 9.59 Å². The van der Waals surface area contributed by atoms with Crippen LogP contribution >= 0.6 is 0 Å². The highest BCUT2D eigenvalue weighted by molar-refractivity contribution is 5.83. The summed E-state index contributed by atoms with van der Waals surface area (Å²) in [5.41, 5.74) is 1.38. The van der Waals surface area contributed by atoms with Crippen LogP contribution in [0.2, 0.25) is 0 Å². The Morgan fingerprint density at radius 3 is 2.08 bits per heavy atom. The van der Waals surface area contributed by atoms with E-state index in [9.17, 15) is 14.7 Å². The molecule has 1 fully saturated rings. The van der Waals surface area contributed by atoms with Crippen LogP contribution in [0.3, 0.4) is 0 Å². The molecular formula is C33H59NO6. The number of allylic oxidation sites excluding steroid dienone is 2. The molecule has 2 aliphatic heterocycles. The molecular weight excluding hydrogens is 506 g/mol. The van der Waals surface area contributed by atoms with Crippen LogP contribution < -0.4 is 5.32 Å². The largest absolute Gasteiger partial charge is 0.452 e. The molecule has 0 aromatic rings. The third kappa shape index (κ3) is 15.0. The fourth-order valence-electron chi connectivity index (χ4n) is 5.76. The van der Waals surface area contributed by atoms with E-state index in [1.165, 1.54) is 63.4 Å². The number of aliphatic hydroxyl groups excluding tert-OH is 1. The number of carbonyl (C=O) groups is 2. The molecule has 0 aromatic heterocycles. The molecule has 7 nitrogen and oxygen atoms in total. The van der Waals surface area contributed by atoms with Crippen molar-refractivity contribution in [3.05, 3.63) is 11.6 Å². The molecule has 0 spiro atoms.